The molecule has 1 amide bonds. The van der Waals surface area contributed by atoms with Gasteiger partial charge >= 0.3 is 0 Å². The number of aryl methyl sites for hydroxylation is 2. The van der Waals surface area contributed by atoms with Gasteiger partial charge in [-0.25, -0.2) is 4.39 Å². The normalized spacial score (nSPS) is 14.4. The molecule has 2 aromatic carbocycles. The molecular weight excluding hydrogens is 329 g/mol. The Morgan fingerprint density at radius 3 is 2.38 bits per heavy atom. The highest BCUT2D eigenvalue weighted by Crippen LogP contribution is 2.18. The lowest BCUT2D eigenvalue weighted by Crippen LogP contribution is -2.49. The first-order valence-electron chi connectivity index (χ1n) is 9.12. The molecule has 2 aromatic rings. The fourth-order valence-electron chi connectivity index (χ4n) is 3.34. The second-order valence-electron chi connectivity index (χ2n) is 6.84. The van der Waals surface area contributed by atoms with E-state index in [1.165, 1.54) is 23.3 Å². The molecule has 0 aromatic heterocycles. The maximum Gasteiger partial charge on any atom is 0.224 e. The highest BCUT2D eigenvalue weighted by Gasteiger charge is 2.20. The molecule has 0 saturated carbocycles. The van der Waals surface area contributed by atoms with E-state index in [1.807, 2.05) is 4.90 Å². The van der Waals surface area contributed by atoms with Crippen molar-refractivity contribution < 1.29 is 9.18 Å². The van der Waals surface area contributed by atoms with Crippen molar-refractivity contribution in [1.82, 2.24) is 4.90 Å². The Hall–Kier alpha value is -2.56. The third-order valence-electron chi connectivity index (χ3n) is 4.86. The van der Waals surface area contributed by atoms with Crippen molar-refractivity contribution in [1.29, 1.82) is 0 Å². The maximum absolute atomic E-state index is 13.0. The van der Waals surface area contributed by atoms with E-state index in [-0.39, 0.29) is 11.7 Å². The molecule has 138 valence electrons. The van der Waals surface area contributed by atoms with Gasteiger partial charge in [0.15, 0.2) is 0 Å². The van der Waals surface area contributed by atoms with Crippen molar-refractivity contribution in [2.75, 3.05) is 42.9 Å². The van der Waals surface area contributed by atoms with Gasteiger partial charge in [-0.15, -0.1) is 0 Å². The molecule has 5 heteroatoms. The molecule has 1 saturated heterocycles. The number of rotatable bonds is 5. The quantitative estimate of drug-likeness (QED) is 0.890. The number of carbonyl (C=O) groups is 1. The van der Waals surface area contributed by atoms with Gasteiger partial charge in [0.05, 0.1) is 0 Å². The summed E-state index contributed by atoms with van der Waals surface area (Å²) in [4.78, 5) is 16.5. The third-order valence-corrected chi connectivity index (χ3v) is 4.86. The summed E-state index contributed by atoms with van der Waals surface area (Å²) < 4.78 is 13.0. The monoisotopic (exact) mass is 355 g/mol. The highest BCUT2D eigenvalue weighted by molar-refractivity contribution is 5.77. The molecule has 0 radical (unpaired) electrons. The Balaban J connectivity index is 1.44. The molecule has 1 N–H and O–H groups in total. The molecule has 0 atom stereocenters. The van der Waals surface area contributed by atoms with Gasteiger partial charge in [-0.2, -0.15) is 0 Å². The van der Waals surface area contributed by atoms with Gasteiger partial charge in [0.25, 0.3) is 0 Å². The molecule has 0 aliphatic carbocycles. The highest BCUT2D eigenvalue weighted by atomic mass is 19.1. The van der Waals surface area contributed by atoms with E-state index in [9.17, 15) is 9.18 Å². The number of halogens is 1. The molecular formula is C21H26FN3O. The smallest absolute Gasteiger partial charge is 0.224 e. The van der Waals surface area contributed by atoms with E-state index in [1.54, 1.807) is 12.1 Å². The van der Waals surface area contributed by atoms with Crippen LogP contribution in [-0.4, -0.2) is 43.5 Å². The fraction of sp³-hybridized carbons (Fsp3) is 0.381. The summed E-state index contributed by atoms with van der Waals surface area (Å²) in [5.74, 6) is -0.0418. The van der Waals surface area contributed by atoms with Gasteiger partial charge in [0.1, 0.15) is 5.82 Å². The second-order valence-corrected chi connectivity index (χ2v) is 6.84. The van der Waals surface area contributed by atoms with Crippen molar-refractivity contribution >= 4 is 17.3 Å². The summed E-state index contributed by atoms with van der Waals surface area (Å²) in [6, 6.07) is 12.8. The minimum Gasteiger partial charge on any atom is -0.384 e. The average molecular weight is 355 g/mol. The molecule has 4 nitrogen and oxygen atoms in total. The van der Waals surface area contributed by atoms with Crippen molar-refractivity contribution in [2.45, 2.75) is 20.3 Å². The zero-order valence-corrected chi connectivity index (χ0v) is 15.5. The second kappa shape index (κ2) is 8.21. The Bertz CT molecular complexity index is 752. The minimum atomic E-state index is -0.223. The molecule has 1 aliphatic rings. The largest absolute Gasteiger partial charge is 0.384 e. The van der Waals surface area contributed by atoms with Crippen LogP contribution in [-0.2, 0) is 4.79 Å². The van der Waals surface area contributed by atoms with Gasteiger partial charge in [-0.3, -0.25) is 4.79 Å². The first-order chi connectivity index (χ1) is 12.5. The van der Waals surface area contributed by atoms with Crippen LogP contribution >= 0.6 is 0 Å². The predicted molar refractivity (Wildman–Crippen MR) is 104 cm³/mol. The number of carbonyl (C=O) groups excluding carboxylic acids is 1. The van der Waals surface area contributed by atoms with Crippen molar-refractivity contribution in [3.05, 3.63) is 59.4 Å². The van der Waals surface area contributed by atoms with Gasteiger partial charge in [-0.1, -0.05) is 17.7 Å². The van der Waals surface area contributed by atoms with Crippen LogP contribution in [0.4, 0.5) is 15.8 Å². The lowest BCUT2D eigenvalue weighted by atomic mass is 10.1. The van der Waals surface area contributed by atoms with Gasteiger partial charge in [0.2, 0.25) is 5.91 Å². The molecule has 26 heavy (non-hydrogen) atoms. The van der Waals surface area contributed by atoms with Gasteiger partial charge in [-0.05, 0) is 49.7 Å². The summed E-state index contributed by atoms with van der Waals surface area (Å²) in [6.07, 6.45) is 0.490. The van der Waals surface area contributed by atoms with Crippen LogP contribution in [0.5, 0.6) is 0 Å². The van der Waals surface area contributed by atoms with Crippen LogP contribution in [0.1, 0.15) is 17.5 Å². The first kappa shape index (κ1) is 18.2. The Labute approximate surface area is 154 Å². The molecule has 3 rings (SSSR count). The Morgan fingerprint density at radius 2 is 1.73 bits per heavy atom. The summed E-state index contributed by atoms with van der Waals surface area (Å²) >= 11 is 0. The summed E-state index contributed by atoms with van der Waals surface area (Å²) in [5.41, 5.74) is 4.54. The van der Waals surface area contributed by atoms with Crippen molar-refractivity contribution in [3.8, 4) is 0 Å². The number of amides is 1. The van der Waals surface area contributed by atoms with E-state index in [0.717, 1.165) is 24.5 Å². The SMILES string of the molecule is Cc1ccc(NCCC(=O)N2CCN(c3ccc(F)cc3)CC2)c(C)c1. The van der Waals surface area contributed by atoms with Crippen molar-refractivity contribution in [3.63, 3.8) is 0 Å². The number of hydrogen-bond donors (Lipinski definition) is 1. The molecule has 0 bridgehead atoms. The molecule has 1 aliphatic heterocycles. The zero-order chi connectivity index (χ0) is 18.5. The molecule has 0 unspecified atom stereocenters. The number of anilines is 2. The number of nitrogens with zero attached hydrogens (tertiary/aromatic N) is 2. The standard InChI is InChI=1S/C21H26FN3O/c1-16-3-8-20(17(2)15-16)23-10-9-21(26)25-13-11-24(12-14-25)19-6-4-18(22)5-7-19/h3-8,15,23H,9-14H2,1-2H3. The molecule has 1 fully saturated rings. The van der Waals surface area contributed by atoms with E-state index in [2.05, 4.69) is 42.3 Å². The lowest BCUT2D eigenvalue weighted by molar-refractivity contribution is -0.131. The van der Waals surface area contributed by atoms with E-state index in [4.69, 9.17) is 0 Å². The number of nitrogens with one attached hydrogen (secondary N) is 1. The van der Waals surface area contributed by atoms with E-state index < -0.39 is 0 Å². The van der Waals surface area contributed by atoms with Crippen LogP contribution in [0, 0.1) is 19.7 Å². The summed E-state index contributed by atoms with van der Waals surface area (Å²) in [6.45, 7) is 7.77. The van der Waals surface area contributed by atoms with Crippen molar-refractivity contribution in [2.24, 2.45) is 0 Å². The van der Waals surface area contributed by atoms with Crippen LogP contribution < -0.4 is 10.2 Å². The van der Waals surface area contributed by atoms with Gasteiger partial charge in [0, 0.05) is 50.5 Å². The summed E-state index contributed by atoms with van der Waals surface area (Å²) in [5, 5.41) is 3.36. The fourth-order valence-corrected chi connectivity index (χ4v) is 3.34. The van der Waals surface area contributed by atoms with Crippen LogP contribution in [0.3, 0.4) is 0 Å². The first-order valence-corrected chi connectivity index (χ1v) is 9.12. The van der Waals surface area contributed by atoms with E-state index >= 15 is 0 Å². The van der Waals surface area contributed by atoms with Gasteiger partial charge < -0.3 is 15.1 Å². The Morgan fingerprint density at radius 1 is 1.04 bits per heavy atom. The summed E-state index contributed by atoms with van der Waals surface area (Å²) in [7, 11) is 0. The van der Waals surface area contributed by atoms with Crippen LogP contribution in [0.25, 0.3) is 0 Å². The van der Waals surface area contributed by atoms with Crippen LogP contribution in [0.15, 0.2) is 42.5 Å². The van der Waals surface area contributed by atoms with Crippen LogP contribution in [0.2, 0.25) is 0 Å². The van der Waals surface area contributed by atoms with E-state index in [0.29, 0.717) is 26.1 Å². The average Bonchev–Trinajstić information content (AvgIpc) is 2.64. The number of piperazine rings is 1. The lowest BCUT2D eigenvalue weighted by Gasteiger charge is -2.36. The molecule has 1 heterocycles. The Kier molecular flexibility index (Phi) is 5.76. The maximum atomic E-state index is 13.0. The molecule has 0 spiro atoms. The number of benzene rings is 2. The minimum absolute atomic E-state index is 0.182. The predicted octanol–water partition coefficient (Wildman–Crippen LogP) is 3.59. The topological polar surface area (TPSA) is 35.6 Å². The zero-order valence-electron chi connectivity index (χ0n) is 15.5. The number of hydrogen-bond acceptors (Lipinski definition) is 3. The third kappa shape index (κ3) is 4.54.